The van der Waals surface area contributed by atoms with Crippen LogP contribution < -0.4 is 15.8 Å². The molecule has 5 heteroatoms. The maximum atomic E-state index is 11.9. The molecule has 0 unspecified atom stereocenters. The van der Waals surface area contributed by atoms with E-state index in [0.29, 0.717) is 23.5 Å². The van der Waals surface area contributed by atoms with Crippen molar-refractivity contribution in [2.45, 2.75) is 25.7 Å². The second kappa shape index (κ2) is 7.14. The molecule has 1 aromatic rings. The van der Waals surface area contributed by atoms with Gasteiger partial charge >= 0.3 is 0 Å². The predicted molar refractivity (Wildman–Crippen MR) is 80.9 cm³/mol. The van der Waals surface area contributed by atoms with E-state index in [9.17, 15) is 4.79 Å². The number of nitrogens with zero attached hydrogens (tertiary/aromatic N) is 1. The van der Waals surface area contributed by atoms with E-state index in [0.717, 1.165) is 13.0 Å². The number of amides is 1. The summed E-state index contributed by atoms with van der Waals surface area (Å²) in [6.45, 7) is 3.35. The highest BCUT2D eigenvalue weighted by atomic mass is 16.5. The summed E-state index contributed by atoms with van der Waals surface area (Å²) in [7, 11) is 1.57. The molecule has 1 amide bonds. The average Bonchev–Trinajstić information content (AvgIpc) is 2.94. The highest BCUT2D eigenvalue weighted by Crippen LogP contribution is 2.26. The fourth-order valence-corrected chi connectivity index (χ4v) is 2.49. The minimum Gasteiger partial charge on any atom is -0.494 e. The first-order chi connectivity index (χ1) is 9.69. The molecule has 20 heavy (non-hydrogen) atoms. The van der Waals surface area contributed by atoms with Crippen LogP contribution in [0.5, 0.6) is 5.75 Å². The van der Waals surface area contributed by atoms with Gasteiger partial charge in [0.2, 0.25) is 5.91 Å². The number of likely N-dealkylation sites (tertiary alicyclic amines) is 1. The smallest absolute Gasteiger partial charge is 0.224 e. The first kappa shape index (κ1) is 14.7. The molecule has 1 saturated heterocycles. The molecule has 0 saturated carbocycles. The summed E-state index contributed by atoms with van der Waals surface area (Å²) in [5.41, 5.74) is 6.98. The number of nitrogens with one attached hydrogen (secondary N) is 1. The van der Waals surface area contributed by atoms with Gasteiger partial charge in [0.25, 0.3) is 0 Å². The van der Waals surface area contributed by atoms with Gasteiger partial charge in [0.15, 0.2) is 0 Å². The normalized spacial score (nSPS) is 15.2. The molecule has 1 aliphatic rings. The zero-order chi connectivity index (χ0) is 14.4. The molecule has 1 aromatic carbocycles. The Morgan fingerprint density at radius 3 is 2.85 bits per heavy atom. The Morgan fingerprint density at radius 2 is 2.15 bits per heavy atom. The Labute approximate surface area is 120 Å². The van der Waals surface area contributed by atoms with Gasteiger partial charge in [-0.2, -0.15) is 0 Å². The Hall–Kier alpha value is -1.75. The molecule has 110 valence electrons. The number of hydrogen-bond donors (Lipinski definition) is 2. The van der Waals surface area contributed by atoms with Crippen molar-refractivity contribution >= 4 is 17.3 Å². The third-order valence-electron chi connectivity index (χ3n) is 3.58. The number of carbonyl (C=O) groups is 1. The van der Waals surface area contributed by atoms with Crippen LogP contribution in [0.25, 0.3) is 0 Å². The van der Waals surface area contributed by atoms with Gasteiger partial charge in [-0.25, -0.2) is 0 Å². The van der Waals surface area contributed by atoms with Crippen molar-refractivity contribution in [2.24, 2.45) is 0 Å². The maximum absolute atomic E-state index is 11.9. The molecule has 0 spiro atoms. The van der Waals surface area contributed by atoms with E-state index in [-0.39, 0.29) is 5.91 Å². The molecule has 1 heterocycles. The van der Waals surface area contributed by atoms with Crippen LogP contribution in [0.15, 0.2) is 18.2 Å². The zero-order valence-electron chi connectivity index (χ0n) is 12.0. The number of nitrogen functional groups attached to an aromatic ring is 1. The summed E-state index contributed by atoms with van der Waals surface area (Å²) in [6, 6.07) is 5.23. The van der Waals surface area contributed by atoms with Crippen LogP contribution in [0.3, 0.4) is 0 Å². The van der Waals surface area contributed by atoms with Crippen molar-refractivity contribution < 1.29 is 9.53 Å². The molecular formula is C15H23N3O2. The van der Waals surface area contributed by atoms with E-state index < -0.39 is 0 Å². The number of methoxy groups -OCH3 is 1. The van der Waals surface area contributed by atoms with Gasteiger partial charge in [0.05, 0.1) is 12.8 Å². The highest BCUT2D eigenvalue weighted by molar-refractivity contribution is 5.92. The van der Waals surface area contributed by atoms with Gasteiger partial charge in [-0.05, 0) is 51.0 Å². The van der Waals surface area contributed by atoms with Crippen molar-refractivity contribution in [3.8, 4) is 5.75 Å². The standard InChI is InChI=1S/C15H23N3O2/c1-20-14-11-12(16)6-7-13(14)17-15(19)5-4-10-18-8-2-3-9-18/h6-7,11H,2-5,8-10,16H2,1H3,(H,17,19). The number of carbonyl (C=O) groups excluding carboxylic acids is 1. The Kier molecular flexibility index (Phi) is 5.24. The van der Waals surface area contributed by atoms with E-state index in [4.69, 9.17) is 10.5 Å². The lowest BCUT2D eigenvalue weighted by Crippen LogP contribution is -2.22. The van der Waals surface area contributed by atoms with Crippen molar-refractivity contribution in [1.29, 1.82) is 0 Å². The van der Waals surface area contributed by atoms with Crippen molar-refractivity contribution in [2.75, 3.05) is 37.8 Å². The van der Waals surface area contributed by atoms with Crippen LogP contribution in [0.4, 0.5) is 11.4 Å². The molecule has 0 bridgehead atoms. The highest BCUT2D eigenvalue weighted by Gasteiger charge is 2.12. The van der Waals surface area contributed by atoms with Gasteiger partial charge in [-0.15, -0.1) is 0 Å². The molecule has 0 aromatic heterocycles. The van der Waals surface area contributed by atoms with Crippen LogP contribution in [0.1, 0.15) is 25.7 Å². The zero-order valence-corrected chi connectivity index (χ0v) is 12.0. The van der Waals surface area contributed by atoms with Crippen molar-refractivity contribution in [3.05, 3.63) is 18.2 Å². The molecule has 2 rings (SSSR count). The average molecular weight is 277 g/mol. The minimum absolute atomic E-state index is 0.0206. The molecule has 0 atom stereocenters. The molecule has 5 nitrogen and oxygen atoms in total. The largest absolute Gasteiger partial charge is 0.494 e. The third-order valence-corrected chi connectivity index (χ3v) is 3.58. The summed E-state index contributed by atoms with van der Waals surface area (Å²) >= 11 is 0. The van der Waals surface area contributed by atoms with Crippen LogP contribution in [0, 0.1) is 0 Å². The fraction of sp³-hybridized carbons (Fsp3) is 0.533. The summed E-state index contributed by atoms with van der Waals surface area (Å²) in [5, 5.41) is 2.88. The number of benzene rings is 1. The number of ether oxygens (including phenoxy) is 1. The van der Waals surface area contributed by atoms with E-state index in [1.165, 1.54) is 25.9 Å². The van der Waals surface area contributed by atoms with Crippen molar-refractivity contribution in [1.82, 2.24) is 4.90 Å². The lowest BCUT2D eigenvalue weighted by Gasteiger charge is -2.14. The first-order valence-corrected chi connectivity index (χ1v) is 7.15. The lowest BCUT2D eigenvalue weighted by atomic mass is 10.2. The van der Waals surface area contributed by atoms with Gasteiger partial charge in [0, 0.05) is 18.2 Å². The predicted octanol–water partition coefficient (Wildman–Crippen LogP) is 2.09. The molecular weight excluding hydrogens is 254 g/mol. The van der Waals surface area contributed by atoms with Crippen molar-refractivity contribution in [3.63, 3.8) is 0 Å². The van der Waals surface area contributed by atoms with Crippen LogP contribution in [-0.2, 0) is 4.79 Å². The Balaban J connectivity index is 1.78. The monoisotopic (exact) mass is 277 g/mol. The maximum Gasteiger partial charge on any atom is 0.224 e. The van der Waals surface area contributed by atoms with E-state index in [1.807, 2.05) is 0 Å². The minimum atomic E-state index is 0.0206. The van der Waals surface area contributed by atoms with E-state index in [1.54, 1.807) is 25.3 Å². The Morgan fingerprint density at radius 1 is 1.40 bits per heavy atom. The fourth-order valence-electron chi connectivity index (χ4n) is 2.49. The van der Waals surface area contributed by atoms with E-state index in [2.05, 4.69) is 10.2 Å². The lowest BCUT2D eigenvalue weighted by molar-refractivity contribution is -0.116. The van der Waals surface area contributed by atoms with Gasteiger partial charge in [0.1, 0.15) is 5.75 Å². The van der Waals surface area contributed by atoms with Crippen LogP contribution in [0.2, 0.25) is 0 Å². The first-order valence-electron chi connectivity index (χ1n) is 7.15. The SMILES string of the molecule is COc1cc(N)ccc1NC(=O)CCCN1CCCC1. The third kappa shape index (κ3) is 4.13. The number of anilines is 2. The topological polar surface area (TPSA) is 67.6 Å². The molecule has 3 N–H and O–H groups in total. The molecule has 1 fully saturated rings. The van der Waals surface area contributed by atoms with Gasteiger partial charge in [-0.1, -0.05) is 0 Å². The number of nitrogens with two attached hydrogens (primary N) is 1. The van der Waals surface area contributed by atoms with E-state index >= 15 is 0 Å². The molecule has 1 aliphatic heterocycles. The summed E-state index contributed by atoms with van der Waals surface area (Å²) in [5.74, 6) is 0.616. The number of hydrogen-bond acceptors (Lipinski definition) is 4. The molecule has 0 aliphatic carbocycles. The Bertz CT molecular complexity index is 456. The second-order valence-corrected chi connectivity index (χ2v) is 5.16. The summed E-state index contributed by atoms with van der Waals surface area (Å²) in [6.07, 6.45) is 4.00. The van der Waals surface area contributed by atoms with Crippen LogP contribution in [-0.4, -0.2) is 37.6 Å². The van der Waals surface area contributed by atoms with Crippen LogP contribution >= 0.6 is 0 Å². The second-order valence-electron chi connectivity index (χ2n) is 5.16. The quantitative estimate of drug-likeness (QED) is 0.781. The summed E-state index contributed by atoms with van der Waals surface area (Å²) in [4.78, 5) is 14.3. The summed E-state index contributed by atoms with van der Waals surface area (Å²) < 4.78 is 5.21. The van der Waals surface area contributed by atoms with Gasteiger partial charge in [-0.3, -0.25) is 4.79 Å². The molecule has 0 radical (unpaired) electrons. The van der Waals surface area contributed by atoms with Gasteiger partial charge < -0.3 is 20.7 Å². The number of rotatable bonds is 6.